The third-order valence-electron chi connectivity index (χ3n) is 2.46. The van der Waals surface area contributed by atoms with Gasteiger partial charge in [-0.2, -0.15) is 0 Å². The fourth-order valence-corrected chi connectivity index (χ4v) is 3.18. The maximum absolute atomic E-state index is 11.7. The first-order valence-electron chi connectivity index (χ1n) is 6.18. The van der Waals surface area contributed by atoms with E-state index in [1.54, 1.807) is 6.07 Å². The van der Waals surface area contributed by atoms with Crippen molar-refractivity contribution in [3.05, 3.63) is 21.9 Å². The van der Waals surface area contributed by atoms with Crippen molar-refractivity contribution in [2.45, 2.75) is 19.4 Å². The molecule has 0 amide bonds. The lowest BCUT2D eigenvalue weighted by Gasteiger charge is -2.05. The Morgan fingerprint density at radius 2 is 2.29 bits per heavy atom. The second-order valence-electron chi connectivity index (χ2n) is 4.00. The van der Waals surface area contributed by atoms with Crippen molar-refractivity contribution < 1.29 is 23.1 Å². The number of ether oxygens (including phenoxy) is 1. The van der Waals surface area contributed by atoms with Crippen molar-refractivity contribution in [1.29, 1.82) is 0 Å². The van der Waals surface area contributed by atoms with Gasteiger partial charge in [-0.3, -0.25) is 4.79 Å². The van der Waals surface area contributed by atoms with Gasteiger partial charge in [-0.15, -0.1) is 11.3 Å². The minimum absolute atomic E-state index is 0.00731. The molecule has 0 bridgehead atoms. The number of rotatable bonds is 7. The van der Waals surface area contributed by atoms with Crippen LogP contribution in [0.15, 0.2) is 11.4 Å². The molecule has 0 radical (unpaired) electrons. The van der Waals surface area contributed by atoms with Crippen molar-refractivity contribution >= 4 is 27.3 Å². The van der Waals surface area contributed by atoms with Crippen LogP contribution in [0.3, 0.4) is 0 Å². The highest BCUT2D eigenvalue weighted by atomic mass is 32.2. The van der Waals surface area contributed by atoms with E-state index < -0.39 is 16.0 Å². The Bertz CT molecular complexity index is 624. The number of sulfonamides is 1. The van der Waals surface area contributed by atoms with Gasteiger partial charge < -0.3 is 9.84 Å². The Balaban J connectivity index is 2.57. The number of methoxy groups -OCH3 is 1. The summed E-state index contributed by atoms with van der Waals surface area (Å²) in [6, 6.07) is 1.80. The molecule has 0 aliphatic heterocycles. The molecule has 0 aliphatic rings. The highest BCUT2D eigenvalue weighted by Crippen LogP contribution is 2.15. The SMILES string of the molecule is COC(=O)CCS(=O)(=O)NCc1sccc1C#CCCO. The Hall–Kier alpha value is -1.40. The molecule has 1 rings (SSSR count). The molecule has 1 aromatic heterocycles. The predicted molar refractivity (Wildman–Crippen MR) is 80.2 cm³/mol. The molecule has 8 heteroatoms. The van der Waals surface area contributed by atoms with Gasteiger partial charge in [-0.25, -0.2) is 13.1 Å². The smallest absolute Gasteiger partial charge is 0.306 e. The van der Waals surface area contributed by atoms with Crippen LogP contribution in [0, 0.1) is 11.8 Å². The van der Waals surface area contributed by atoms with Gasteiger partial charge in [0.25, 0.3) is 0 Å². The molecule has 6 nitrogen and oxygen atoms in total. The monoisotopic (exact) mass is 331 g/mol. The minimum Gasteiger partial charge on any atom is -0.469 e. The van der Waals surface area contributed by atoms with Crippen LogP contribution in [-0.2, 0) is 26.1 Å². The van der Waals surface area contributed by atoms with Gasteiger partial charge in [0.1, 0.15) is 0 Å². The number of carbonyl (C=O) groups is 1. The van der Waals surface area contributed by atoms with Crippen LogP contribution < -0.4 is 4.72 Å². The zero-order valence-corrected chi connectivity index (χ0v) is 13.2. The Kier molecular flexibility index (Phi) is 7.39. The molecule has 0 atom stereocenters. The van der Waals surface area contributed by atoms with Crippen LogP contribution in [-0.4, -0.2) is 39.0 Å². The van der Waals surface area contributed by atoms with E-state index in [2.05, 4.69) is 21.3 Å². The first-order valence-corrected chi connectivity index (χ1v) is 8.72. The zero-order valence-electron chi connectivity index (χ0n) is 11.6. The summed E-state index contributed by atoms with van der Waals surface area (Å²) >= 11 is 1.39. The molecule has 1 heterocycles. The van der Waals surface area contributed by atoms with Gasteiger partial charge in [0.2, 0.25) is 10.0 Å². The van der Waals surface area contributed by atoms with E-state index in [0.29, 0.717) is 6.42 Å². The summed E-state index contributed by atoms with van der Waals surface area (Å²) in [7, 11) is -2.32. The number of hydrogen-bond acceptors (Lipinski definition) is 6. The molecule has 116 valence electrons. The number of aliphatic hydroxyl groups excluding tert-OH is 1. The second kappa shape index (κ2) is 8.79. The van der Waals surface area contributed by atoms with Crippen molar-refractivity contribution in [3.8, 4) is 11.8 Å². The van der Waals surface area contributed by atoms with Crippen LogP contribution in [0.4, 0.5) is 0 Å². The molecule has 0 spiro atoms. The molecule has 0 saturated carbocycles. The summed E-state index contributed by atoms with van der Waals surface area (Å²) in [6.45, 7) is 0.122. The number of aliphatic hydroxyl groups is 1. The molecule has 21 heavy (non-hydrogen) atoms. The Morgan fingerprint density at radius 3 is 2.95 bits per heavy atom. The summed E-state index contributed by atoms with van der Waals surface area (Å²) in [6.07, 6.45) is 0.194. The zero-order chi connectivity index (χ0) is 15.7. The van der Waals surface area contributed by atoms with Crippen molar-refractivity contribution in [1.82, 2.24) is 4.72 Å². The van der Waals surface area contributed by atoms with Gasteiger partial charge >= 0.3 is 5.97 Å². The van der Waals surface area contributed by atoms with Crippen LogP contribution in [0.2, 0.25) is 0 Å². The Labute approximate surface area is 128 Å². The molecule has 0 unspecified atom stereocenters. The van der Waals surface area contributed by atoms with Crippen molar-refractivity contribution in [2.24, 2.45) is 0 Å². The van der Waals surface area contributed by atoms with Gasteiger partial charge in [-0.1, -0.05) is 11.8 Å². The fourth-order valence-electron chi connectivity index (χ4n) is 1.37. The Morgan fingerprint density at radius 1 is 1.52 bits per heavy atom. The van der Waals surface area contributed by atoms with E-state index in [9.17, 15) is 13.2 Å². The van der Waals surface area contributed by atoms with Crippen molar-refractivity contribution in [3.63, 3.8) is 0 Å². The molecule has 2 N–H and O–H groups in total. The van der Waals surface area contributed by atoms with E-state index in [1.807, 2.05) is 5.38 Å². The fraction of sp³-hybridized carbons (Fsp3) is 0.462. The summed E-state index contributed by atoms with van der Waals surface area (Å²) in [4.78, 5) is 11.7. The first-order chi connectivity index (χ1) is 9.98. The number of hydrogen-bond donors (Lipinski definition) is 2. The van der Waals surface area contributed by atoms with Crippen molar-refractivity contribution in [2.75, 3.05) is 19.5 Å². The number of thiophene rings is 1. The first kappa shape index (κ1) is 17.7. The van der Waals surface area contributed by atoms with Crippen LogP contribution in [0.25, 0.3) is 0 Å². The summed E-state index contributed by atoms with van der Waals surface area (Å²) in [5.41, 5.74) is 0.740. The van der Waals surface area contributed by atoms with Crippen LogP contribution >= 0.6 is 11.3 Å². The molecule has 0 saturated heterocycles. The average Bonchev–Trinajstić information content (AvgIpc) is 2.91. The standard InChI is InChI=1S/C13H17NO5S2/c1-19-13(16)6-9-21(17,18)14-10-12-11(5-8-20-12)4-2-3-7-15/h5,8,14-15H,3,6-7,9-10H2,1H3. The molecular weight excluding hydrogens is 314 g/mol. The normalized spacial score (nSPS) is 10.8. The van der Waals surface area contributed by atoms with Crippen LogP contribution in [0.5, 0.6) is 0 Å². The lowest BCUT2D eigenvalue weighted by atomic mass is 10.2. The highest BCUT2D eigenvalue weighted by molar-refractivity contribution is 7.89. The number of carbonyl (C=O) groups excluding carboxylic acids is 1. The topological polar surface area (TPSA) is 92.7 Å². The predicted octanol–water partition coefficient (Wildman–Crippen LogP) is 0.464. The number of nitrogens with one attached hydrogen (secondary N) is 1. The summed E-state index contributed by atoms with van der Waals surface area (Å²) < 4.78 is 30.3. The quantitative estimate of drug-likeness (QED) is 0.559. The van der Waals surface area contributed by atoms with Gasteiger partial charge in [0, 0.05) is 23.4 Å². The second-order valence-corrected chi connectivity index (χ2v) is 6.93. The maximum atomic E-state index is 11.7. The third-order valence-corrected chi connectivity index (χ3v) is 4.71. The molecule has 0 aromatic carbocycles. The lowest BCUT2D eigenvalue weighted by molar-refractivity contribution is -0.140. The number of esters is 1. The highest BCUT2D eigenvalue weighted by Gasteiger charge is 2.14. The van der Waals surface area contributed by atoms with Gasteiger partial charge in [0.15, 0.2) is 0 Å². The molecule has 0 fully saturated rings. The largest absolute Gasteiger partial charge is 0.469 e. The van der Waals surface area contributed by atoms with E-state index >= 15 is 0 Å². The third kappa shape index (κ3) is 6.73. The van der Waals surface area contributed by atoms with E-state index in [0.717, 1.165) is 10.4 Å². The summed E-state index contributed by atoms with van der Waals surface area (Å²) in [5.74, 6) is 4.80. The van der Waals surface area contributed by atoms with E-state index in [1.165, 1.54) is 18.4 Å². The van der Waals surface area contributed by atoms with E-state index in [-0.39, 0.29) is 25.3 Å². The van der Waals surface area contributed by atoms with Crippen LogP contribution in [0.1, 0.15) is 23.3 Å². The van der Waals surface area contributed by atoms with Gasteiger partial charge in [0.05, 0.1) is 25.9 Å². The molecular formula is C13H17NO5S2. The minimum atomic E-state index is -3.54. The van der Waals surface area contributed by atoms with Gasteiger partial charge in [-0.05, 0) is 11.4 Å². The molecule has 0 aliphatic carbocycles. The van der Waals surface area contributed by atoms with E-state index in [4.69, 9.17) is 5.11 Å². The summed E-state index contributed by atoms with van der Waals surface area (Å²) in [5, 5.41) is 10.5. The maximum Gasteiger partial charge on any atom is 0.306 e. The lowest BCUT2D eigenvalue weighted by Crippen LogP contribution is -2.27. The average molecular weight is 331 g/mol. The molecule has 1 aromatic rings.